The third-order valence-electron chi connectivity index (χ3n) is 10.4. The number of pyridine rings is 2. The van der Waals surface area contributed by atoms with Gasteiger partial charge in [0.1, 0.15) is 0 Å². The Kier molecular flexibility index (Phi) is 5.07. The van der Waals surface area contributed by atoms with Gasteiger partial charge in [0.25, 0.3) is 11.1 Å². The van der Waals surface area contributed by atoms with E-state index in [9.17, 15) is 9.59 Å². The van der Waals surface area contributed by atoms with Crippen molar-refractivity contribution in [3.63, 3.8) is 0 Å². The molecule has 228 valence electrons. The third-order valence-corrected chi connectivity index (χ3v) is 10.4. The lowest BCUT2D eigenvalue weighted by atomic mass is 9.99. The van der Waals surface area contributed by atoms with Crippen molar-refractivity contribution in [2.24, 2.45) is 0 Å². The minimum atomic E-state index is -0.286. The number of hydrogen-bond acceptors (Lipinski definition) is 2. The Morgan fingerprint density at radius 1 is 0.327 bits per heavy atom. The van der Waals surface area contributed by atoms with Crippen LogP contribution in [0.15, 0.2) is 161 Å². The summed E-state index contributed by atoms with van der Waals surface area (Å²) < 4.78 is 6.08. The second-order valence-electron chi connectivity index (χ2n) is 12.8. The molecule has 0 aliphatic heterocycles. The highest BCUT2D eigenvalue weighted by Gasteiger charge is 2.23. The van der Waals surface area contributed by atoms with Crippen LogP contribution in [0, 0.1) is 0 Å². The molecule has 0 aliphatic rings. The van der Waals surface area contributed by atoms with E-state index in [0.717, 1.165) is 55.0 Å². The summed E-state index contributed by atoms with van der Waals surface area (Å²) >= 11 is 0. The largest absolute Gasteiger partial charge is 0.309 e. The Labute approximate surface area is 278 Å². The Morgan fingerprint density at radius 3 is 1.24 bits per heavy atom. The summed E-state index contributed by atoms with van der Waals surface area (Å²) in [7, 11) is 0. The van der Waals surface area contributed by atoms with E-state index in [1.165, 1.54) is 25.9 Å². The molecule has 0 saturated carbocycles. The van der Waals surface area contributed by atoms with Crippen LogP contribution in [0.2, 0.25) is 0 Å². The van der Waals surface area contributed by atoms with Crippen LogP contribution in [0.5, 0.6) is 0 Å². The molecule has 4 heterocycles. The van der Waals surface area contributed by atoms with Gasteiger partial charge in [0, 0.05) is 54.5 Å². The quantitative estimate of drug-likeness (QED) is 0.142. The van der Waals surface area contributed by atoms with Crippen molar-refractivity contribution in [1.82, 2.24) is 13.5 Å². The van der Waals surface area contributed by atoms with Gasteiger partial charge in [-0.25, -0.2) is 4.40 Å². The fourth-order valence-electron chi connectivity index (χ4n) is 8.40. The van der Waals surface area contributed by atoms with Crippen LogP contribution >= 0.6 is 0 Å². The fraction of sp³-hybridized carbons (Fsp3) is 0. The first-order valence-electron chi connectivity index (χ1n) is 16.5. The predicted octanol–water partition coefficient (Wildman–Crippen LogP) is 9.75. The summed E-state index contributed by atoms with van der Waals surface area (Å²) in [4.78, 5) is 27.8. The number of hydrogen-bond donors (Lipinski definition) is 0. The lowest BCUT2D eigenvalue weighted by Crippen LogP contribution is -2.27. The maximum absolute atomic E-state index is 13.9. The van der Waals surface area contributed by atoms with Crippen LogP contribution in [0.3, 0.4) is 0 Å². The maximum Gasteiger partial charge on any atom is 0.266 e. The van der Waals surface area contributed by atoms with E-state index < -0.39 is 0 Å². The maximum atomic E-state index is 13.9. The van der Waals surface area contributed by atoms with Gasteiger partial charge in [-0.3, -0.25) is 9.59 Å². The third kappa shape index (κ3) is 3.33. The van der Waals surface area contributed by atoms with E-state index in [1.54, 1.807) is 0 Å². The zero-order valence-corrected chi connectivity index (χ0v) is 26.1. The molecule has 5 nitrogen and oxygen atoms in total. The standard InChI is InChI=1S/C44H25N3O2/c48-43-30-16-6-4-14-28(30)34-24-27(25-35-29-15-5-7-17-31(29)44(49)47(43)42(34)35)46-37-21-11-9-19-33(37)41-39(46)23-22-38-40(41)32-18-8-10-20-36(32)45(38)26-12-2-1-3-13-26/h1-25H. The van der Waals surface area contributed by atoms with Gasteiger partial charge in [-0.2, -0.15) is 0 Å². The van der Waals surface area contributed by atoms with E-state index in [1.807, 2.05) is 48.5 Å². The Balaban J connectivity index is 1.36. The van der Waals surface area contributed by atoms with Gasteiger partial charge in [-0.15, -0.1) is 0 Å². The van der Waals surface area contributed by atoms with E-state index in [4.69, 9.17) is 0 Å². The van der Waals surface area contributed by atoms with E-state index >= 15 is 0 Å². The van der Waals surface area contributed by atoms with Crippen molar-refractivity contribution in [3.8, 4) is 11.4 Å². The number of fused-ring (bicyclic) bond motifs is 11. The van der Waals surface area contributed by atoms with Crippen LogP contribution in [0.1, 0.15) is 0 Å². The Hall–Kier alpha value is -6.72. The van der Waals surface area contributed by atoms with Crippen LogP contribution in [0.4, 0.5) is 0 Å². The SMILES string of the molecule is O=c1c2ccccc2c2cc(-n3c4ccccc4c4c5c6ccccc6n(-c6ccccc6)c5ccc43)cc3c4ccccc4c(=O)n1c23. The van der Waals surface area contributed by atoms with Gasteiger partial charge < -0.3 is 9.13 Å². The van der Waals surface area contributed by atoms with Crippen molar-refractivity contribution in [2.75, 3.05) is 0 Å². The van der Waals surface area contributed by atoms with Crippen LogP contribution in [0.25, 0.3) is 92.8 Å². The predicted molar refractivity (Wildman–Crippen MR) is 202 cm³/mol. The molecule has 0 N–H and O–H groups in total. The highest BCUT2D eigenvalue weighted by Crippen LogP contribution is 2.43. The summed E-state index contributed by atoms with van der Waals surface area (Å²) in [6.45, 7) is 0. The molecular formula is C44H25N3O2. The zero-order valence-electron chi connectivity index (χ0n) is 26.1. The molecule has 11 rings (SSSR count). The summed E-state index contributed by atoms with van der Waals surface area (Å²) in [6, 6.07) is 51.8. The number of rotatable bonds is 2. The number of benzene rings is 7. The molecule has 4 aromatic heterocycles. The van der Waals surface area contributed by atoms with Crippen molar-refractivity contribution < 1.29 is 0 Å². The Morgan fingerprint density at radius 2 is 0.735 bits per heavy atom. The molecule has 49 heavy (non-hydrogen) atoms. The van der Waals surface area contributed by atoms with Crippen molar-refractivity contribution in [1.29, 1.82) is 0 Å². The average Bonchev–Trinajstić information content (AvgIpc) is 3.68. The van der Waals surface area contributed by atoms with Gasteiger partial charge >= 0.3 is 0 Å². The van der Waals surface area contributed by atoms with Gasteiger partial charge in [0.05, 0.1) is 27.6 Å². The summed E-state index contributed by atoms with van der Waals surface area (Å²) in [5.41, 5.74) is 6.67. The highest BCUT2D eigenvalue weighted by atomic mass is 16.2. The van der Waals surface area contributed by atoms with Gasteiger partial charge in [0.15, 0.2) is 0 Å². The smallest absolute Gasteiger partial charge is 0.266 e. The lowest BCUT2D eigenvalue weighted by Gasteiger charge is -2.16. The zero-order chi connectivity index (χ0) is 32.4. The minimum Gasteiger partial charge on any atom is -0.309 e. The normalized spacial score (nSPS) is 12.2. The monoisotopic (exact) mass is 627 g/mol. The molecule has 11 aromatic rings. The molecule has 0 radical (unpaired) electrons. The second-order valence-corrected chi connectivity index (χ2v) is 12.8. The molecule has 7 aromatic carbocycles. The van der Waals surface area contributed by atoms with Crippen LogP contribution < -0.4 is 11.1 Å². The molecular weight excluding hydrogens is 603 g/mol. The molecule has 0 unspecified atom stereocenters. The number of para-hydroxylation sites is 3. The van der Waals surface area contributed by atoms with Crippen molar-refractivity contribution in [3.05, 3.63) is 172 Å². The molecule has 5 heteroatoms. The second kappa shape index (κ2) is 9.43. The van der Waals surface area contributed by atoms with Gasteiger partial charge in [-0.1, -0.05) is 91.0 Å². The molecule has 0 atom stereocenters. The molecule has 0 aliphatic carbocycles. The van der Waals surface area contributed by atoms with Crippen molar-refractivity contribution >= 4 is 81.4 Å². The summed E-state index contributed by atoms with van der Waals surface area (Å²) in [5.74, 6) is 0. The van der Waals surface area contributed by atoms with E-state index in [2.05, 4.69) is 112 Å². The van der Waals surface area contributed by atoms with E-state index in [-0.39, 0.29) is 11.1 Å². The van der Waals surface area contributed by atoms with Crippen molar-refractivity contribution in [2.45, 2.75) is 0 Å². The molecule has 0 amide bonds. The molecule has 0 saturated heterocycles. The summed E-state index contributed by atoms with van der Waals surface area (Å²) in [5, 5.41) is 9.25. The first-order valence-corrected chi connectivity index (χ1v) is 16.5. The molecule has 0 fully saturated rings. The fourth-order valence-corrected chi connectivity index (χ4v) is 8.40. The number of nitrogens with zero attached hydrogens (tertiary/aromatic N) is 3. The van der Waals surface area contributed by atoms with E-state index in [0.29, 0.717) is 16.3 Å². The first-order chi connectivity index (χ1) is 24.2. The van der Waals surface area contributed by atoms with Gasteiger partial charge in [-0.05, 0) is 71.4 Å². The minimum absolute atomic E-state index is 0.286. The molecule has 0 bridgehead atoms. The topological polar surface area (TPSA) is 48.4 Å². The Bertz CT molecular complexity index is 3210. The van der Waals surface area contributed by atoms with Gasteiger partial charge in [0.2, 0.25) is 0 Å². The van der Waals surface area contributed by atoms with Crippen LogP contribution in [-0.2, 0) is 0 Å². The van der Waals surface area contributed by atoms with Crippen LogP contribution in [-0.4, -0.2) is 13.5 Å². The average molecular weight is 628 g/mol. The molecule has 0 spiro atoms. The first kappa shape index (κ1) is 26.4. The highest BCUT2D eigenvalue weighted by molar-refractivity contribution is 6.29. The lowest BCUT2D eigenvalue weighted by molar-refractivity contribution is 1.09. The number of aromatic nitrogens is 3. The summed E-state index contributed by atoms with van der Waals surface area (Å²) in [6.07, 6.45) is 0.